The van der Waals surface area contributed by atoms with E-state index in [4.69, 9.17) is 10.7 Å². The molecule has 0 spiro atoms. The predicted molar refractivity (Wildman–Crippen MR) is 63.1 cm³/mol. The van der Waals surface area contributed by atoms with Crippen LogP contribution in [-0.2, 0) is 13.8 Å². The van der Waals surface area contributed by atoms with Crippen molar-refractivity contribution in [2.75, 3.05) is 6.61 Å². The summed E-state index contributed by atoms with van der Waals surface area (Å²) in [5.74, 6) is -1.83. The highest BCUT2D eigenvalue weighted by atomic mass is 79.9. The van der Waals surface area contributed by atoms with E-state index >= 15 is 0 Å². The lowest BCUT2D eigenvalue weighted by Crippen LogP contribution is -2.09. The fourth-order valence-electron chi connectivity index (χ4n) is 1.08. The second-order valence-corrected chi connectivity index (χ2v) is 6.31. The minimum Gasteiger partial charge on any atom is -0.462 e. The molecule has 1 aromatic rings. The Hall–Kier alpha value is -0.660. The molecule has 0 N–H and O–H groups in total. The molecule has 0 amide bonds. The molecule has 0 aromatic heterocycles. The summed E-state index contributed by atoms with van der Waals surface area (Å²) in [6.07, 6.45) is 0. The van der Waals surface area contributed by atoms with Crippen molar-refractivity contribution in [2.45, 2.75) is 11.8 Å². The monoisotopic (exact) mass is 344 g/mol. The second-order valence-electron chi connectivity index (χ2n) is 2.92. The molecule has 94 valence electrons. The van der Waals surface area contributed by atoms with Gasteiger partial charge in [0.05, 0.1) is 17.1 Å². The van der Waals surface area contributed by atoms with Gasteiger partial charge in [-0.15, -0.1) is 0 Å². The van der Waals surface area contributed by atoms with Crippen LogP contribution in [0, 0.1) is 5.82 Å². The first-order valence-corrected chi connectivity index (χ1v) is 7.48. The van der Waals surface area contributed by atoms with Gasteiger partial charge in [-0.2, -0.15) is 0 Å². The Labute approximate surface area is 110 Å². The van der Waals surface area contributed by atoms with Crippen LogP contribution in [0.15, 0.2) is 21.5 Å². The SMILES string of the molecule is CCOC(=O)c1cc(S(=O)(=O)Cl)c(Br)cc1F. The third-order valence-corrected chi connectivity index (χ3v) is 4.06. The average Bonchev–Trinajstić information content (AvgIpc) is 2.15. The Morgan fingerprint density at radius 1 is 1.53 bits per heavy atom. The van der Waals surface area contributed by atoms with Gasteiger partial charge in [-0.3, -0.25) is 0 Å². The van der Waals surface area contributed by atoms with Crippen LogP contribution < -0.4 is 0 Å². The lowest BCUT2D eigenvalue weighted by atomic mass is 10.2. The van der Waals surface area contributed by atoms with Crippen LogP contribution in [0.25, 0.3) is 0 Å². The van der Waals surface area contributed by atoms with E-state index in [1.54, 1.807) is 6.92 Å². The van der Waals surface area contributed by atoms with Crippen molar-refractivity contribution in [3.8, 4) is 0 Å². The zero-order valence-corrected chi connectivity index (χ0v) is 11.7. The third-order valence-electron chi connectivity index (χ3n) is 1.78. The van der Waals surface area contributed by atoms with E-state index < -0.39 is 26.4 Å². The normalized spacial score (nSPS) is 11.3. The van der Waals surface area contributed by atoms with Crippen LogP contribution in [0.4, 0.5) is 4.39 Å². The minimum absolute atomic E-state index is 0.0529. The first kappa shape index (κ1) is 14.4. The molecule has 0 saturated carbocycles. The Kier molecular flexibility index (Phi) is 4.51. The van der Waals surface area contributed by atoms with Gasteiger partial charge in [-0.25, -0.2) is 17.6 Å². The van der Waals surface area contributed by atoms with Crippen LogP contribution in [-0.4, -0.2) is 21.0 Å². The van der Waals surface area contributed by atoms with E-state index in [9.17, 15) is 17.6 Å². The summed E-state index contributed by atoms with van der Waals surface area (Å²) in [4.78, 5) is 11.0. The van der Waals surface area contributed by atoms with Crippen molar-refractivity contribution in [2.24, 2.45) is 0 Å². The summed E-state index contributed by atoms with van der Waals surface area (Å²) in [6.45, 7) is 1.60. The number of ether oxygens (including phenoxy) is 1. The quantitative estimate of drug-likeness (QED) is 0.624. The highest BCUT2D eigenvalue weighted by Gasteiger charge is 2.21. The summed E-state index contributed by atoms with van der Waals surface area (Å²) in [5.41, 5.74) is -0.478. The molecule has 0 heterocycles. The standard InChI is InChI=1S/C9H7BrClFO4S/c1-2-16-9(13)5-3-8(17(11,14)15)6(10)4-7(5)12/h3-4H,2H2,1H3. The third kappa shape index (κ3) is 3.40. The fraction of sp³-hybridized carbons (Fsp3) is 0.222. The summed E-state index contributed by atoms with van der Waals surface area (Å²) in [6, 6.07) is 1.68. The molecule has 0 aliphatic heterocycles. The summed E-state index contributed by atoms with van der Waals surface area (Å²) < 4.78 is 40.3. The lowest BCUT2D eigenvalue weighted by Gasteiger charge is -2.06. The maximum atomic E-state index is 13.4. The number of halogens is 3. The van der Waals surface area contributed by atoms with Gasteiger partial charge in [-0.1, -0.05) is 0 Å². The molecule has 0 fully saturated rings. The van der Waals surface area contributed by atoms with Crippen molar-refractivity contribution in [3.63, 3.8) is 0 Å². The summed E-state index contributed by atoms with van der Waals surface area (Å²) >= 11 is 2.85. The van der Waals surface area contributed by atoms with Gasteiger partial charge < -0.3 is 4.74 Å². The van der Waals surface area contributed by atoms with Gasteiger partial charge in [0.2, 0.25) is 0 Å². The molecule has 17 heavy (non-hydrogen) atoms. The molecule has 0 bridgehead atoms. The Bertz CT molecular complexity index is 558. The zero-order valence-electron chi connectivity index (χ0n) is 8.54. The highest BCUT2D eigenvalue weighted by Crippen LogP contribution is 2.28. The number of hydrogen-bond donors (Lipinski definition) is 0. The average molecular weight is 346 g/mol. The first-order valence-electron chi connectivity index (χ1n) is 4.38. The Morgan fingerprint density at radius 2 is 2.12 bits per heavy atom. The van der Waals surface area contributed by atoms with E-state index in [2.05, 4.69) is 20.7 Å². The number of carbonyl (C=O) groups is 1. The van der Waals surface area contributed by atoms with Crippen LogP contribution in [0.5, 0.6) is 0 Å². The molecule has 0 aliphatic carbocycles. The van der Waals surface area contributed by atoms with E-state index in [0.717, 1.165) is 12.1 Å². The predicted octanol–water partition coefficient (Wildman–Crippen LogP) is 2.69. The molecule has 0 radical (unpaired) electrons. The van der Waals surface area contributed by atoms with Crippen LogP contribution in [0.2, 0.25) is 0 Å². The molecule has 8 heteroatoms. The van der Waals surface area contributed by atoms with Crippen molar-refractivity contribution < 1.29 is 22.3 Å². The zero-order chi connectivity index (χ0) is 13.2. The van der Waals surface area contributed by atoms with Gasteiger partial charge in [0.25, 0.3) is 9.05 Å². The van der Waals surface area contributed by atoms with E-state index in [0.29, 0.717) is 0 Å². The number of carbonyl (C=O) groups excluding carboxylic acids is 1. The number of rotatable bonds is 3. The van der Waals surface area contributed by atoms with E-state index in [-0.39, 0.29) is 16.0 Å². The van der Waals surface area contributed by atoms with Crippen molar-refractivity contribution in [1.82, 2.24) is 0 Å². The van der Waals surface area contributed by atoms with Gasteiger partial charge in [0.1, 0.15) is 5.82 Å². The van der Waals surface area contributed by atoms with Crippen molar-refractivity contribution in [1.29, 1.82) is 0 Å². The number of esters is 1. The summed E-state index contributed by atoms with van der Waals surface area (Å²) in [5, 5.41) is 0. The molecule has 4 nitrogen and oxygen atoms in total. The van der Waals surface area contributed by atoms with Gasteiger partial charge >= 0.3 is 5.97 Å². The summed E-state index contributed by atoms with van der Waals surface area (Å²) in [7, 11) is 1.07. The topological polar surface area (TPSA) is 60.4 Å². The number of benzene rings is 1. The van der Waals surface area contributed by atoms with Crippen molar-refractivity contribution in [3.05, 3.63) is 28.0 Å². The van der Waals surface area contributed by atoms with Gasteiger partial charge in [-0.05, 0) is 35.0 Å². The maximum absolute atomic E-state index is 13.4. The lowest BCUT2D eigenvalue weighted by molar-refractivity contribution is 0.0520. The molecule has 0 saturated heterocycles. The minimum atomic E-state index is -4.07. The number of hydrogen-bond acceptors (Lipinski definition) is 4. The molecular formula is C9H7BrClFO4S. The van der Waals surface area contributed by atoms with Crippen molar-refractivity contribution >= 4 is 41.6 Å². The molecule has 0 atom stereocenters. The van der Waals surface area contributed by atoms with E-state index in [1.165, 1.54) is 0 Å². The molecular weight excluding hydrogens is 339 g/mol. The largest absolute Gasteiger partial charge is 0.462 e. The van der Waals surface area contributed by atoms with E-state index in [1.807, 2.05) is 0 Å². The smallest absolute Gasteiger partial charge is 0.341 e. The molecule has 1 rings (SSSR count). The Morgan fingerprint density at radius 3 is 2.59 bits per heavy atom. The van der Waals surface area contributed by atoms with Gasteiger partial charge in [0, 0.05) is 15.2 Å². The fourth-order valence-corrected chi connectivity index (χ4v) is 3.25. The first-order chi connectivity index (χ1) is 7.77. The second kappa shape index (κ2) is 5.32. The Balaban J connectivity index is 3.39. The highest BCUT2D eigenvalue weighted by molar-refractivity contribution is 9.10. The van der Waals surface area contributed by atoms with Crippen LogP contribution >= 0.6 is 26.6 Å². The van der Waals surface area contributed by atoms with Crippen LogP contribution in [0.1, 0.15) is 17.3 Å². The molecule has 1 aromatic carbocycles. The molecule has 0 unspecified atom stereocenters. The van der Waals surface area contributed by atoms with Crippen LogP contribution in [0.3, 0.4) is 0 Å². The van der Waals surface area contributed by atoms with Gasteiger partial charge in [0.15, 0.2) is 0 Å². The molecule has 0 aliphatic rings. The maximum Gasteiger partial charge on any atom is 0.341 e.